The van der Waals surface area contributed by atoms with E-state index >= 15 is 0 Å². The monoisotopic (exact) mass is 245 g/mol. The first-order chi connectivity index (χ1) is 8.62. The molecule has 1 aromatic rings. The van der Waals surface area contributed by atoms with E-state index < -0.39 is 0 Å². The summed E-state index contributed by atoms with van der Waals surface area (Å²) in [5.74, 6) is 0.252. The SMILES string of the molecule is Cc1cccc(C)c1CC(=O)N1CCC12COC2. The number of amides is 1. The van der Waals surface area contributed by atoms with Crippen molar-refractivity contribution in [3.63, 3.8) is 0 Å². The number of hydrogen-bond acceptors (Lipinski definition) is 2. The molecule has 0 bridgehead atoms. The van der Waals surface area contributed by atoms with Gasteiger partial charge in [0.2, 0.25) is 5.91 Å². The number of likely N-dealkylation sites (tertiary alicyclic amines) is 1. The molecule has 1 aromatic carbocycles. The van der Waals surface area contributed by atoms with Gasteiger partial charge in [0.1, 0.15) is 0 Å². The van der Waals surface area contributed by atoms with Crippen LogP contribution in [0.5, 0.6) is 0 Å². The molecular formula is C15H19NO2. The van der Waals surface area contributed by atoms with E-state index in [9.17, 15) is 4.79 Å². The smallest absolute Gasteiger partial charge is 0.227 e. The molecule has 3 heteroatoms. The van der Waals surface area contributed by atoms with Crippen molar-refractivity contribution in [3.05, 3.63) is 34.9 Å². The van der Waals surface area contributed by atoms with Crippen molar-refractivity contribution in [2.75, 3.05) is 19.8 Å². The molecule has 0 N–H and O–H groups in total. The summed E-state index contributed by atoms with van der Waals surface area (Å²) in [5.41, 5.74) is 3.67. The summed E-state index contributed by atoms with van der Waals surface area (Å²) < 4.78 is 5.26. The van der Waals surface area contributed by atoms with Crippen LogP contribution in [-0.2, 0) is 16.0 Å². The Morgan fingerprint density at radius 3 is 2.44 bits per heavy atom. The number of hydrogen-bond donors (Lipinski definition) is 0. The molecule has 2 heterocycles. The third kappa shape index (κ3) is 1.65. The fraction of sp³-hybridized carbons (Fsp3) is 0.533. The number of carbonyl (C=O) groups is 1. The van der Waals surface area contributed by atoms with Crippen LogP contribution in [0.2, 0.25) is 0 Å². The van der Waals surface area contributed by atoms with E-state index in [2.05, 4.69) is 26.0 Å². The molecule has 2 fully saturated rings. The van der Waals surface area contributed by atoms with Gasteiger partial charge in [0, 0.05) is 6.54 Å². The second-order valence-electron chi connectivity index (χ2n) is 5.56. The molecule has 2 saturated heterocycles. The molecule has 3 rings (SSSR count). The zero-order valence-corrected chi connectivity index (χ0v) is 11.0. The molecule has 0 aliphatic carbocycles. The predicted octanol–water partition coefficient (Wildman–Crippen LogP) is 1.85. The van der Waals surface area contributed by atoms with Gasteiger partial charge in [0.05, 0.1) is 25.2 Å². The lowest BCUT2D eigenvalue weighted by Crippen LogP contribution is -2.72. The summed E-state index contributed by atoms with van der Waals surface area (Å²) in [6, 6.07) is 6.20. The lowest BCUT2D eigenvalue weighted by atomic mass is 9.82. The molecule has 0 unspecified atom stereocenters. The zero-order valence-electron chi connectivity index (χ0n) is 11.0. The van der Waals surface area contributed by atoms with Crippen molar-refractivity contribution in [1.82, 2.24) is 4.90 Å². The molecule has 18 heavy (non-hydrogen) atoms. The molecule has 0 saturated carbocycles. The van der Waals surface area contributed by atoms with E-state index in [0.29, 0.717) is 6.42 Å². The van der Waals surface area contributed by atoms with Gasteiger partial charge in [-0.15, -0.1) is 0 Å². The fourth-order valence-corrected chi connectivity index (χ4v) is 2.94. The summed E-state index contributed by atoms with van der Waals surface area (Å²) in [4.78, 5) is 14.4. The molecular weight excluding hydrogens is 226 g/mol. The van der Waals surface area contributed by atoms with Crippen molar-refractivity contribution in [2.24, 2.45) is 0 Å². The van der Waals surface area contributed by atoms with Gasteiger partial charge in [0.25, 0.3) is 0 Å². The topological polar surface area (TPSA) is 29.5 Å². The molecule has 96 valence electrons. The third-order valence-electron chi connectivity index (χ3n) is 4.39. The van der Waals surface area contributed by atoms with Crippen LogP contribution in [0.4, 0.5) is 0 Å². The van der Waals surface area contributed by atoms with Crippen LogP contribution < -0.4 is 0 Å². The van der Waals surface area contributed by atoms with Gasteiger partial charge in [-0.2, -0.15) is 0 Å². The lowest BCUT2D eigenvalue weighted by molar-refractivity contribution is -0.199. The van der Waals surface area contributed by atoms with Crippen molar-refractivity contribution in [3.8, 4) is 0 Å². The van der Waals surface area contributed by atoms with Crippen LogP contribution in [0.1, 0.15) is 23.1 Å². The van der Waals surface area contributed by atoms with Gasteiger partial charge < -0.3 is 9.64 Å². The minimum Gasteiger partial charge on any atom is -0.376 e. The second-order valence-corrected chi connectivity index (χ2v) is 5.56. The third-order valence-corrected chi connectivity index (χ3v) is 4.39. The van der Waals surface area contributed by atoms with Crippen molar-refractivity contribution < 1.29 is 9.53 Å². The number of ether oxygens (including phenoxy) is 1. The first-order valence-electron chi connectivity index (χ1n) is 6.56. The van der Waals surface area contributed by atoms with Gasteiger partial charge in [-0.05, 0) is 37.0 Å². The number of nitrogens with zero attached hydrogens (tertiary/aromatic N) is 1. The highest BCUT2D eigenvalue weighted by Gasteiger charge is 2.52. The number of benzene rings is 1. The van der Waals surface area contributed by atoms with E-state index in [0.717, 1.165) is 26.2 Å². The van der Waals surface area contributed by atoms with Crippen molar-refractivity contribution >= 4 is 5.91 Å². The molecule has 0 aromatic heterocycles. The average Bonchev–Trinajstić information content (AvgIpc) is 2.20. The number of rotatable bonds is 2. The number of aryl methyl sites for hydroxylation is 2. The summed E-state index contributed by atoms with van der Waals surface area (Å²) in [6.07, 6.45) is 1.63. The second kappa shape index (κ2) is 4.09. The normalized spacial score (nSPS) is 20.4. The first-order valence-corrected chi connectivity index (χ1v) is 6.56. The Balaban J connectivity index is 1.75. The molecule has 2 aliphatic heterocycles. The minimum atomic E-state index is 0.0632. The van der Waals surface area contributed by atoms with Gasteiger partial charge in [-0.25, -0.2) is 0 Å². The molecule has 1 spiro atoms. The Morgan fingerprint density at radius 1 is 1.33 bits per heavy atom. The highest BCUT2D eigenvalue weighted by atomic mass is 16.5. The Bertz CT molecular complexity index is 466. The predicted molar refractivity (Wildman–Crippen MR) is 69.5 cm³/mol. The van der Waals surface area contributed by atoms with E-state index in [1.165, 1.54) is 16.7 Å². The van der Waals surface area contributed by atoms with Gasteiger partial charge in [-0.1, -0.05) is 18.2 Å². The van der Waals surface area contributed by atoms with E-state index in [1.54, 1.807) is 0 Å². The van der Waals surface area contributed by atoms with Crippen molar-refractivity contribution in [2.45, 2.75) is 32.2 Å². The van der Waals surface area contributed by atoms with Crippen LogP contribution in [-0.4, -0.2) is 36.1 Å². The summed E-state index contributed by atoms with van der Waals surface area (Å²) >= 11 is 0. The highest BCUT2D eigenvalue weighted by molar-refractivity contribution is 5.81. The molecule has 3 nitrogen and oxygen atoms in total. The maximum absolute atomic E-state index is 12.4. The first kappa shape index (κ1) is 11.7. The Labute approximate surface area is 108 Å². The Morgan fingerprint density at radius 2 is 2.00 bits per heavy atom. The summed E-state index contributed by atoms with van der Waals surface area (Å²) in [6.45, 7) is 6.51. The molecule has 0 atom stereocenters. The van der Waals surface area contributed by atoms with Gasteiger partial charge in [0.15, 0.2) is 0 Å². The standard InChI is InChI=1S/C15H19NO2/c1-11-4-3-5-12(2)13(11)8-14(17)16-7-6-15(16)9-18-10-15/h3-5H,6-10H2,1-2H3. The number of carbonyl (C=O) groups excluding carboxylic acids is 1. The van der Waals surface area contributed by atoms with E-state index in [4.69, 9.17) is 4.74 Å². The highest BCUT2D eigenvalue weighted by Crippen LogP contribution is 2.37. The van der Waals surface area contributed by atoms with E-state index in [-0.39, 0.29) is 11.4 Å². The molecule has 1 amide bonds. The fourth-order valence-electron chi connectivity index (χ4n) is 2.94. The van der Waals surface area contributed by atoms with Crippen molar-refractivity contribution in [1.29, 1.82) is 0 Å². The Kier molecular flexibility index (Phi) is 2.67. The van der Waals surface area contributed by atoms with Crippen LogP contribution in [0.15, 0.2) is 18.2 Å². The lowest BCUT2D eigenvalue weighted by Gasteiger charge is -2.57. The van der Waals surface area contributed by atoms with Crippen LogP contribution >= 0.6 is 0 Å². The molecule has 0 radical (unpaired) electrons. The average molecular weight is 245 g/mol. The maximum atomic E-state index is 12.4. The largest absolute Gasteiger partial charge is 0.376 e. The quantitative estimate of drug-likeness (QED) is 0.795. The molecule has 2 aliphatic rings. The van der Waals surface area contributed by atoms with E-state index in [1.807, 2.05) is 11.0 Å². The van der Waals surface area contributed by atoms with Crippen LogP contribution in [0.25, 0.3) is 0 Å². The summed E-state index contributed by atoms with van der Waals surface area (Å²) in [5, 5.41) is 0. The minimum absolute atomic E-state index is 0.0632. The Hall–Kier alpha value is -1.35. The maximum Gasteiger partial charge on any atom is 0.227 e. The van der Waals surface area contributed by atoms with Crippen LogP contribution in [0.3, 0.4) is 0 Å². The zero-order chi connectivity index (χ0) is 12.8. The van der Waals surface area contributed by atoms with Crippen LogP contribution in [0, 0.1) is 13.8 Å². The summed E-state index contributed by atoms with van der Waals surface area (Å²) in [7, 11) is 0. The van der Waals surface area contributed by atoms with Gasteiger partial charge in [-0.3, -0.25) is 4.79 Å². The van der Waals surface area contributed by atoms with Gasteiger partial charge >= 0.3 is 0 Å².